The predicted molar refractivity (Wildman–Crippen MR) is 161 cm³/mol. The van der Waals surface area contributed by atoms with Crippen molar-refractivity contribution >= 4 is 56.5 Å². The van der Waals surface area contributed by atoms with Crippen LogP contribution in [0.1, 0.15) is 71.8 Å². The van der Waals surface area contributed by atoms with Crippen molar-refractivity contribution in [2.45, 2.75) is 71.1 Å². The summed E-state index contributed by atoms with van der Waals surface area (Å²) in [6, 6.07) is 8.51. The summed E-state index contributed by atoms with van der Waals surface area (Å²) in [7, 11) is -4.36. The minimum Gasteiger partial charge on any atom is -0.377 e. The number of allylic oxidation sites excluding steroid dienone is 4. The summed E-state index contributed by atoms with van der Waals surface area (Å²) in [6.07, 6.45) is 1.82. The Kier molecular flexibility index (Phi) is 7.68. The Labute approximate surface area is 256 Å². The highest BCUT2D eigenvalue weighted by molar-refractivity contribution is 7.87. The molecule has 2 aliphatic carbocycles. The lowest BCUT2D eigenvalue weighted by molar-refractivity contribution is -0.119. The summed E-state index contributed by atoms with van der Waals surface area (Å²) in [5.74, 6) is -1.21. The van der Waals surface area contributed by atoms with Crippen LogP contribution < -0.4 is 4.18 Å². The Morgan fingerprint density at radius 2 is 1.34 bits per heavy atom. The fourth-order valence-electron chi connectivity index (χ4n) is 6.38. The third-order valence-corrected chi connectivity index (χ3v) is 9.97. The first-order valence-corrected chi connectivity index (χ1v) is 16.1. The quantitative estimate of drug-likeness (QED) is 0.309. The van der Waals surface area contributed by atoms with E-state index in [4.69, 9.17) is 39.0 Å². The third-order valence-electron chi connectivity index (χ3n) is 7.98. The summed E-state index contributed by atoms with van der Waals surface area (Å²) >= 11 is 19.1. The van der Waals surface area contributed by atoms with E-state index in [9.17, 15) is 18.0 Å². The van der Waals surface area contributed by atoms with Crippen LogP contribution in [0, 0.1) is 10.8 Å². The third kappa shape index (κ3) is 5.58. The molecule has 0 spiro atoms. The van der Waals surface area contributed by atoms with Gasteiger partial charge in [-0.15, -0.1) is 0 Å². The number of hydrogen-bond acceptors (Lipinski definition) is 6. The van der Waals surface area contributed by atoms with Crippen LogP contribution in [0.2, 0.25) is 15.1 Å². The van der Waals surface area contributed by atoms with Gasteiger partial charge in [-0.25, -0.2) is 0 Å². The molecular weight excluding hydrogens is 605 g/mol. The van der Waals surface area contributed by atoms with Gasteiger partial charge in [-0.3, -0.25) is 9.59 Å². The van der Waals surface area contributed by atoms with Crippen LogP contribution in [-0.4, -0.2) is 31.4 Å². The summed E-state index contributed by atoms with van der Waals surface area (Å²) in [4.78, 5) is 29.9. The Balaban J connectivity index is 1.78. The molecule has 10 heteroatoms. The molecule has 218 valence electrons. The van der Waals surface area contributed by atoms with E-state index >= 15 is 0 Å². The molecule has 0 unspecified atom stereocenters. The first-order valence-electron chi connectivity index (χ1n) is 13.5. The molecule has 1 heterocycles. The van der Waals surface area contributed by atoms with Crippen molar-refractivity contribution in [2.24, 2.45) is 10.8 Å². The van der Waals surface area contributed by atoms with Gasteiger partial charge in [0.25, 0.3) is 0 Å². The van der Waals surface area contributed by atoms with Crippen LogP contribution in [0.25, 0.3) is 0 Å². The van der Waals surface area contributed by atoms with Crippen LogP contribution in [0.4, 0.5) is 0 Å². The lowest BCUT2D eigenvalue weighted by atomic mass is 9.63. The molecule has 41 heavy (non-hydrogen) atoms. The van der Waals surface area contributed by atoms with Gasteiger partial charge in [0, 0.05) is 63.5 Å². The normalized spacial score (nSPS) is 20.7. The molecule has 0 fully saturated rings. The van der Waals surface area contributed by atoms with E-state index in [0.717, 1.165) is 11.4 Å². The SMILES string of the molecule is CCN1C2=C(C(=O)CC(C)(C)C2)C(c2cc(Cl)cc(Cl)c2OS(=O)(=O)c2ccc(Cl)cc2)C2=C1CC(C)(C)CC2=O. The van der Waals surface area contributed by atoms with Crippen molar-refractivity contribution in [3.05, 3.63) is 79.6 Å². The van der Waals surface area contributed by atoms with Gasteiger partial charge in [-0.05, 0) is 67.0 Å². The minimum atomic E-state index is -4.36. The van der Waals surface area contributed by atoms with Crippen LogP contribution >= 0.6 is 34.8 Å². The molecule has 2 aromatic carbocycles. The van der Waals surface area contributed by atoms with Crippen molar-refractivity contribution in [2.75, 3.05) is 6.54 Å². The fourth-order valence-corrected chi connectivity index (χ4v) is 8.07. The second-order valence-electron chi connectivity index (χ2n) is 12.6. The minimum absolute atomic E-state index is 0.0422. The van der Waals surface area contributed by atoms with Gasteiger partial charge < -0.3 is 9.08 Å². The zero-order chi connectivity index (χ0) is 30.1. The maximum atomic E-state index is 14.0. The molecule has 0 aromatic heterocycles. The lowest BCUT2D eigenvalue weighted by Crippen LogP contribution is -2.44. The average molecular weight is 637 g/mol. The number of nitrogens with zero attached hydrogens (tertiary/aromatic N) is 1. The number of benzene rings is 2. The maximum Gasteiger partial charge on any atom is 0.339 e. The smallest absolute Gasteiger partial charge is 0.339 e. The molecule has 0 amide bonds. The summed E-state index contributed by atoms with van der Waals surface area (Å²) < 4.78 is 32.6. The van der Waals surface area contributed by atoms with E-state index in [2.05, 4.69) is 32.6 Å². The molecule has 1 aliphatic heterocycles. The first-order chi connectivity index (χ1) is 19.0. The van der Waals surface area contributed by atoms with E-state index < -0.39 is 16.0 Å². The highest BCUT2D eigenvalue weighted by atomic mass is 35.5. The second-order valence-corrected chi connectivity index (χ2v) is 15.4. The fraction of sp³-hybridized carbons (Fsp3) is 0.419. The van der Waals surface area contributed by atoms with Crippen molar-refractivity contribution in [3.63, 3.8) is 0 Å². The Morgan fingerprint density at radius 3 is 1.83 bits per heavy atom. The Bertz CT molecular complexity index is 1580. The van der Waals surface area contributed by atoms with E-state index in [0.29, 0.717) is 35.6 Å². The standard InChI is InChI=1S/C31H32Cl3NO5S/c1-6-35-22-13-30(2,3)15-24(36)27(22)26(28-23(35)14-31(4,5)16-25(28)37)20-11-18(33)12-21(34)29(20)40-41(38,39)19-9-7-17(32)8-10-19/h7-12,26H,6,13-16H2,1-5H3. The monoisotopic (exact) mass is 635 g/mol. The van der Waals surface area contributed by atoms with Gasteiger partial charge in [0.2, 0.25) is 0 Å². The van der Waals surface area contributed by atoms with Crippen molar-refractivity contribution in [3.8, 4) is 5.75 Å². The zero-order valence-corrected chi connectivity index (χ0v) is 26.7. The summed E-state index contributed by atoms with van der Waals surface area (Å²) in [6.45, 7) is 10.8. The van der Waals surface area contributed by atoms with E-state index in [1.54, 1.807) is 6.07 Å². The first kappa shape index (κ1) is 30.1. The van der Waals surface area contributed by atoms with Gasteiger partial charge in [0.15, 0.2) is 17.3 Å². The maximum absolute atomic E-state index is 14.0. The topological polar surface area (TPSA) is 80.8 Å². The molecule has 0 N–H and O–H groups in total. The molecule has 5 rings (SSSR count). The second kappa shape index (κ2) is 10.4. The van der Waals surface area contributed by atoms with Gasteiger partial charge in [0.05, 0.1) is 5.02 Å². The molecule has 0 bridgehead atoms. The van der Waals surface area contributed by atoms with Crippen molar-refractivity contribution in [1.82, 2.24) is 4.90 Å². The van der Waals surface area contributed by atoms with Gasteiger partial charge >= 0.3 is 10.1 Å². The van der Waals surface area contributed by atoms with Crippen molar-refractivity contribution < 1.29 is 22.2 Å². The van der Waals surface area contributed by atoms with E-state index in [1.165, 1.54) is 30.3 Å². The van der Waals surface area contributed by atoms with Gasteiger partial charge in [-0.1, -0.05) is 62.5 Å². The van der Waals surface area contributed by atoms with Crippen LogP contribution in [0.3, 0.4) is 0 Å². The van der Waals surface area contributed by atoms with Crippen LogP contribution in [-0.2, 0) is 19.7 Å². The summed E-state index contributed by atoms with van der Waals surface area (Å²) in [5, 5.41) is 0.559. The predicted octanol–water partition coefficient (Wildman–Crippen LogP) is 8.12. The molecule has 0 atom stereocenters. The van der Waals surface area contributed by atoms with Gasteiger partial charge in [0.1, 0.15) is 4.90 Å². The number of carbonyl (C=O) groups excluding carboxylic acids is 2. The summed E-state index contributed by atoms with van der Waals surface area (Å²) in [5.41, 5.74) is 2.36. The molecule has 6 nitrogen and oxygen atoms in total. The number of hydrogen-bond donors (Lipinski definition) is 0. The number of rotatable bonds is 5. The zero-order valence-electron chi connectivity index (χ0n) is 23.6. The van der Waals surface area contributed by atoms with Crippen LogP contribution in [0.15, 0.2) is 63.8 Å². The van der Waals surface area contributed by atoms with E-state index in [-0.39, 0.29) is 61.5 Å². The number of ketones is 2. The van der Waals surface area contributed by atoms with Gasteiger partial charge in [-0.2, -0.15) is 8.42 Å². The van der Waals surface area contributed by atoms with Crippen LogP contribution in [0.5, 0.6) is 5.75 Å². The lowest BCUT2D eigenvalue weighted by Gasteiger charge is -2.49. The number of Topliss-reactive ketones (excluding diaryl/α,β-unsaturated/α-hetero) is 2. The molecule has 0 saturated carbocycles. The Morgan fingerprint density at radius 1 is 0.829 bits per heavy atom. The highest BCUT2D eigenvalue weighted by Gasteiger charge is 2.49. The van der Waals surface area contributed by atoms with E-state index in [1.807, 2.05) is 6.92 Å². The average Bonchev–Trinajstić information content (AvgIpc) is 2.83. The highest BCUT2D eigenvalue weighted by Crippen LogP contribution is 2.56. The number of halogens is 3. The number of carbonyl (C=O) groups is 2. The Hall–Kier alpha value is -2.32. The molecule has 2 aromatic rings. The molecule has 3 aliphatic rings. The molecule has 0 radical (unpaired) electrons. The van der Waals surface area contributed by atoms with Crippen molar-refractivity contribution in [1.29, 1.82) is 0 Å². The largest absolute Gasteiger partial charge is 0.377 e. The molecular formula is C31H32Cl3NO5S. The molecule has 0 saturated heterocycles.